The molecule has 0 spiro atoms. The van der Waals surface area contributed by atoms with Crippen LogP contribution >= 0.6 is 11.6 Å². The molecule has 1 atom stereocenters. The smallest absolute Gasteiger partial charge is 0.340 e. The van der Waals surface area contributed by atoms with Crippen LogP contribution in [0.2, 0.25) is 5.02 Å². The highest BCUT2D eigenvalue weighted by atomic mass is 35.5. The molecule has 1 aromatic carbocycles. The second-order valence-corrected chi connectivity index (χ2v) is 7.72. The van der Waals surface area contributed by atoms with Crippen LogP contribution in [0.4, 0.5) is 0 Å². The molecule has 2 aromatic rings. The van der Waals surface area contributed by atoms with Gasteiger partial charge in [-0.15, -0.1) is 0 Å². The molecule has 1 heterocycles. The van der Waals surface area contributed by atoms with Gasteiger partial charge in [0.1, 0.15) is 5.76 Å². The third-order valence-corrected chi connectivity index (χ3v) is 4.71. The van der Waals surface area contributed by atoms with Crippen molar-refractivity contribution in [2.45, 2.75) is 17.9 Å². The monoisotopic (exact) mass is 385 g/mol. The number of hydrogen-bond donors (Lipinski definition) is 1. The molecule has 0 unspecified atom stereocenters. The molecule has 0 aliphatic rings. The van der Waals surface area contributed by atoms with Crippen LogP contribution in [-0.4, -0.2) is 33.2 Å². The number of ether oxygens (including phenoxy) is 1. The van der Waals surface area contributed by atoms with Gasteiger partial charge in [-0.25, -0.2) is 13.2 Å². The average Bonchev–Trinajstić information content (AvgIpc) is 3.06. The normalized spacial score (nSPS) is 12.4. The Kier molecular flexibility index (Phi) is 5.86. The quantitative estimate of drug-likeness (QED) is 0.766. The maximum absolute atomic E-state index is 12.1. The molecule has 0 aliphatic carbocycles. The maximum Gasteiger partial charge on any atom is 0.340 e. The van der Waals surface area contributed by atoms with Crippen LogP contribution in [0.5, 0.6) is 0 Å². The molecular formula is C16H16ClNO6S. The van der Waals surface area contributed by atoms with E-state index in [1.165, 1.54) is 18.4 Å². The van der Waals surface area contributed by atoms with Crippen molar-refractivity contribution >= 4 is 33.3 Å². The van der Waals surface area contributed by atoms with E-state index in [2.05, 4.69) is 5.32 Å². The van der Waals surface area contributed by atoms with Crippen molar-refractivity contribution in [1.82, 2.24) is 5.32 Å². The zero-order chi connectivity index (χ0) is 18.6. The number of sulfone groups is 1. The summed E-state index contributed by atoms with van der Waals surface area (Å²) in [5.74, 6) is -0.868. The molecule has 1 N–H and O–H groups in total. The number of carbonyl (C=O) groups excluding carboxylic acids is 2. The van der Waals surface area contributed by atoms with Crippen LogP contribution in [0.1, 0.15) is 29.1 Å². The van der Waals surface area contributed by atoms with E-state index in [1.807, 2.05) is 0 Å². The summed E-state index contributed by atoms with van der Waals surface area (Å²) in [6.45, 7) is 1.17. The molecule has 0 radical (unpaired) electrons. The number of nitrogens with one attached hydrogen (secondary N) is 1. The zero-order valence-corrected chi connectivity index (χ0v) is 15.1. The van der Waals surface area contributed by atoms with E-state index in [0.29, 0.717) is 5.76 Å². The van der Waals surface area contributed by atoms with Gasteiger partial charge >= 0.3 is 5.97 Å². The molecule has 0 saturated carbocycles. The van der Waals surface area contributed by atoms with Gasteiger partial charge in [-0.2, -0.15) is 0 Å². The summed E-state index contributed by atoms with van der Waals surface area (Å²) in [6.07, 6.45) is 2.49. The Morgan fingerprint density at radius 1 is 1.32 bits per heavy atom. The summed E-state index contributed by atoms with van der Waals surface area (Å²) in [7, 11) is -3.50. The van der Waals surface area contributed by atoms with E-state index in [-0.39, 0.29) is 15.5 Å². The maximum atomic E-state index is 12.1. The number of esters is 1. The molecule has 0 bridgehead atoms. The minimum Gasteiger partial charge on any atom is -0.467 e. The first-order chi connectivity index (χ1) is 11.7. The van der Waals surface area contributed by atoms with Gasteiger partial charge in [0.05, 0.1) is 27.8 Å². The van der Waals surface area contributed by atoms with Crippen LogP contribution in [0.3, 0.4) is 0 Å². The van der Waals surface area contributed by atoms with Gasteiger partial charge in [0.25, 0.3) is 5.91 Å². The molecule has 1 aromatic heterocycles. The van der Waals surface area contributed by atoms with Crippen LogP contribution in [0.25, 0.3) is 0 Å². The Bertz CT molecular complexity index is 876. The summed E-state index contributed by atoms with van der Waals surface area (Å²) in [4.78, 5) is 23.8. The minimum atomic E-state index is -3.50. The number of furan rings is 1. The van der Waals surface area contributed by atoms with E-state index in [4.69, 9.17) is 20.8 Å². The van der Waals surface area contributed by atoms with E-state index in [1.54, 1.807) is 19.1 Å². The van der Waals surface area contributed by atoms with E-state index >= 15 is 0 Å². The van der Waals surface area contributed by atoms with Gasteiger partial charge in [0.15, 0.2) is 16.4 Å². The molecular weight excluding hydrogens is 370 g/mol. The Hall–Kier alpha value is -2.32. The molecule has 0 aliphatic heterocycles. The number of halogens is 1. The van der Waals surface area contributed by atoms with Gasteiger partial charge in [-0.05, 0) is 37.3 Å². The second kappa shape index (κ2) is 7.71. The van der Waals surface area contributed by atoms with Crippen LogP contribution in [0, 0.1) is 0 Å². The summed E-state index contributed by atoms with van der Waals surface area (Å²) in [6, 6.07) is 6.68. The molecule has 0 fully saturated rings. The Balaban J connectivity index is 1.99. The predicted molar refractivity (Wildman–Crippen MR) is 90.1 cm³/mol. The molecule has 7 nitrogen and oxygen atoms in total. The lowest BCUT2D eigenvalue weighted by Gasteiger charge is -2.12. The van der Waals surface area contributed by atoms with Crippen molar-refractivity contribution < 1.29 is 27.2 Å². The highest BCUT2D eigenvalue weighted by molar-refractivity contribution is 7.90. The Labute approximate surface area is 149 Å². The molecule has 9 heteroatoms. The molecule has 0 saturated heterocycles. The van der Waals surface area contributed by atoms with Crippen LogP contribution in [-0.2, 0) is 19.4 Å². The van der Waals surface area contributed by atoms with Gasteiger partial charge < -0.3 is 14.5 Å². The highest BCUT2D eigenvalue weighted by Gasteiger charge is 2.18. The topological polar surface area (TPSA) is 103 Å². The number of amides is 1. The predicted octanol–water partition coefficient (Wildman–Crippen LogP) is 2.37. The Morgan fingerprint density at radius 2 is 2.04 bits per heavy atom. The van der Waals surface area contributed by atoms with Crippen molar-refractivity contribution in [3.63, 3.8) is 0 Å². The van der Waals surface area contributed by atoms with Crippen LogP contribution in [0.15, 0.2) is 45.9 Å². The van der Waals surface area contributed by atoms with E-state index in [0.717, 1.165) is 12.3 Å². The third kappa shape index (κ3) is 5.07. The third-order valence-electron chi connectivity index (χ3n) is 3.27. The number of benzene rings is 1. The lowest BCUT2D eigenvalue weighted by atomic mass is 10.2. The molecule has 25 heavy (non-hydrogen) atoms. The van der Waals surface area contributed by atoms with Crippen molar-refractivity contribution in [3.05, 3.63) is 52.9 Å². The highest BCUT2D eigenvalue weighted by Crippen LogP contribution is 2.21. The summed E-state index contributed by atoms with van der Waals surface area (Å²) in [5, 5.41) is 2.63. The summed E-state index contributed by atoms with van der Waals surface area (Å²) >= 11 is 5.90. The summed E-state index contributed by atoms with van der Waals surface area (Å²) < 4.78 is 33.2. The Morgan fingerprint density at radius 3 is 2.64 bits per heavy atom. The zero-order valence-electron chi connectivity index (χ0n) is 13.5. The second-order valence-electron chi connectivity index (χ2n) is 5.29. The van der Waals surface area contributed by atoms with Gasteiger partial charge in [-0.1, -0.05) is 11.6 Å². The average molecular weight is 386 g/mol. The first-order valence-corrected chi connectivity index (χ1v) is 9.45. The number of rotatable bonds is 6. The van der Waals surface area contributed by atoms with Gasteiger partial charge in [-0.3, -0.25) is 4.79 Å². The van der Waals surface area contributed by atoms with Crippen molar-refractivity contribution in [1.29, 1.82) is 0 Å². The summed E-state index contributed by atoms with van der Waals surface area (Å²) in [5.41, 5.74) is -0.128. The van der Waals surface area contributed by atoms with Crippen molar-refractivity contribution in [2.75, 3.05) is 12.9 Å². The van der Waals surface area contributed by atoms with Crippen LogP contribution < -0.4 is 5.32 Å². The number of hydrogen-bond acceptors (Lipinski definition) is 6. The fraction of sp³-hybridized carbons (Fsp3) is 0.250. The lowest BCUT2D eigenvalue weighted by molar-refractivity contribution is -0.125. The van der Waals surface area contributed by atoms with Gasteiger partial charge in [0.2, 0.25) is 0 Å². The SMILES string of the molecule is C[C@@H](NC(=O)COC(=O)c1cc(S(C)(=O)=O)ccc1Cl)c1ccco1. The fourth-order valence-electron chi connectivity index (χ4n) is 1.99. The molecule has 2 rings (SSSR count). The minimum absolute atomic E-state index is 0.0294. The lowest BCUT2D eigenvalue weighted by Crippen LogP contribution is -2.31. The van der Waals surface area contributed by atoms with Gasteiger partial charge in [0, 0.05) is 6.26 Å². The molecule has 1 amide bonds. The molecule has 134 valence electrons. The van der Waals surface area contributed by atoms with E-state index in [9.17, 15) is 18.0 Å². The van der Waals surface area contributed by atoms with E-state index < -0.39 is 34.4 Å². The first kappa shape index (κ1) is 19.0. The van der Waals surface area contributed by atoms with Crippen molar-refractivity contribution in [2.24, 2.45) is 0 Å². The first-order valence-electron chi connectivity index (χ1n) is 7.18. The number of carbonyl (C=O) groups is 2. The standard InChI is InChI=1S/C16H16ClNO6S/c1-10(14-4-3-7-23-14)18-15(19)9-24-16(20)12-8-11(25(2,21)22)5-6-13(12)17/h3-8,10H,9H2,1-2H3,(H,18,19)/t10-/m1/s1. The largest absolute Gasteiger partial charge is 0.467 e. The fourth-order valence-corrected chi connectivity index (χ4v) is 2.83. The van der Waals surface area contributed by atoms with Crippen molar-refractivity contribution in [3.8, 4) is 0 Å².